The van der Waals surface area contributed by atoms with E-state index in [4.69, 9.17) is 4.74 Å². The molecule has 1 N–H and O–H groups in total. The third kappa shape index (κ3) is 6.24. The van der Waals surface area contributed by atoms with E-state index < -0.39 is 4.92 Å². The molecule has 0 unspecified atom stereocenters. The number of anilines is 1. The summed E-state index contributed by atoms with van der Waals surface area (Å²) in [7, 11) is 0. The Morgan fingerprint density at radius 1 is 1.03 bits per heavy atom. The van der Waals surface area contributed by atoms with Gasteiger partial charge in [0.2, 0.25) is 5.91 Å². The van der Waals surface area contributed by atoms with Crippen molar-refractivity contribution in [1.82, 2.24) is 14.8 Å². The fraction of sp³-hybridized carbons (Fsp3) is 0.160. The van der Waals surface area contributed by atoms with Crippen LogP contribution in [0, 0.1) is 17.0 Å². The Kier molecular flexibility index (Phi) is 7.74. The Balaban J connectivity index is 1.49. The number of thioether (sulfide) groups is 1. The minimum atomic E-state index is -0.528. The van der Waals surface area contributed by atoms with Crippen LogP contribution in [0.25, 0.3) is 0 Å². The number of aromatic nitrogens is 3. The van der Waals surface area contributed by atoms with Crippen LogP contribution in [0.15, 0.2) is 84.0 Å². The summed E-state index contributed by atoms with van der Waals surface area (Å²) in [5, 5.41) is 22.9. The SMILES string of the molecule is Cc1ccccc1OCc1nnc(SCC(=O)Nc2ccccc2[N+](=O)[O-])n1Cc1ccccc1. The summed E-state index contributed by atoms with van der Waals surface area (Å²) in [5.74, 6) is 1.02. The number of amides is 1. The summed E-state index contributed by atoms with van der Waals surface area (Å²) in [4.78, 5) is 23.2. The van der Waals surface area contributed by atoms with Crippen LogP contribution < -0.4 is 10.1 Å². The molecule has 4 aromatic rings. The maximum Gasteiger partial charge on any atom is 0.292 e. The standard InChI is InChI=1S/C25H23N5O4S/c1-18-9-5-8-14-22(18)34-16-23-27-28-25(29(23)15-19-10-3-2-4-11-19)35-17-24(31)26-20-12-6-7-13-21(20)30(32)33/h2-14H,15-17H2,1H3,(H,26,31). The maximum absolute atomic E-state index is 12.5. The Hall–Kier alpha value is -4.18. The summed E-state index contributed by atoms with van der Waals surface area (Å²) < 4.78 is 7.89. The second kappa shape index (κ2) is 11.3. The minimum absolute atomic E-state index is 0.0115. The van der Waals surface area contributed by atoms with Crippen molar-refractivity contribution in [3.8, 4) is 5.75 Å². The first-order valence-corrected chi connectivity index (χ1v) is 11.8. The van der Waals surface area contributed by atoms with Crippen LogP contribution in [0.1, 0.15) is 17.0 Å². The van der Waals surface area contributed by atoms with Gasteiger partial charge in [0.05, 0.1) is 17.2 Å². The number of para-hydroxylation sites is 3. The van der Waals surface area contributed by atoms with Gasteiger partial charge in [0.15, 0.2) is 11.0 Å². The highest BCUT2D eigenvalue weighted by Crippen LogP contribution is 2.25. The molecule has 0 saturated carbocycles. The van der Waals surface area contributed by atoms with Gasteiger partial charge in [0.25, 0.3) is 5.69 Å². The second-order valence-electron chi connectivity index (χ2n) is 7.64. The van der Waals surface area contributed by atoms with Crippen molar-refractivity contribution in [3.63, 3.8) is 0 Å². The minimum Gasteiger partial charge on any atom is -0.485 e. The first-order valence-electron chi connectivity index (χ1n) is 10.8. The molecular weight excluding hydrogens is 466 g/mol. The van der Waals surface area contributed by atoms with Gasteiger partial charge >= 0.3 is 0 Å². The zero-order chi connectivity index (χ0) is 24.6. The lowest BCUT2D eigenvalue weighted by atomic mass is 10.2. The van der Waals surface area contributed by atoms with Gasteiger partial charge in [0.1, 0.15) is 18.0 Å². The zero-order valence-corrected chi connectivity index (χ0v) is 19.8. The number of carbonyl (C=O) groups excluding carboxylic acids is 1. The lowest BCUT2D eigenvalue weighted by molar-refractivity contribution is -0.383. The zero-order valence-electron chi connectivity index (χ0n) is 19.0. The predicted molar refractivity (Wildman–Crippen MR) is 134 cm³/mol. The topological polar surface area (TPSA) is 112 Å². The van der Waals surface area contributed by atoms with E-state index in [1.54, 1.807) is 12.1 Å². The fourth-order valence-corrected chi connectivity index (χ4v) is 4.13. The number of benzene rings is 3. The summed E-state index contributed by atoms with van der Waals surface area (Å²) in [6.07, 6.45) is 0. The molecule has 0 bridgehead atoms. The van der Waals surface area contributed by atoms with E-state index in [2.05, 4.69) is 15.5 Å². The van der Waals surface area contributed by atoms with Crippen LogP contribution in [0.2, 0.25) is 0 Å². The third-order valence-electron chi connectivity index (χ3n) is 5.13. The number of hydrogen-bond acceptors (Lipinski definition) is 7. The van der Waals surface area contributed by atoms with Crippen LogP contribution in [-0.4, -0.2) is 31.3 Å². The summed E-state index contributed by atoms with van der Waals surface area (Å²) in [6, 6.07) is 23.6. The van der Waals surface area contributed by atoms with E-state index in [-0.39, 0.29) is 29.6 Å². The first-order chi connectivity index (χ1) is 17.0. The number of nitro benzene ring substituents is 1. The van der Waals surface area contributed by atoms with E-state index in [1.165, 1.54) is 23.9 Å². The van der Waals surface area contributed by atoms with Crippen LogP contribution in [0.4, 0.5) is 11.4 Å². The molecule has 1 heterocycles. The number of carbonyl (C=O) groups is 1. The molecule has 35 heavy (non-hydrogen) atoms. The molecule has 0 spiro atoms. The van der Waals surface area contributed by atoms with Crippen molar-refractivity contribution < 1.29 is 14.5 Å². The third-order valence-corrected chi connectivity index (χ3v) is 6.10. The van der Waals surface area contributed by atoms with Crippen LogP contribution in [-0.2, 0) is 17.9 Å². The van der Waals surface area contributed by atoms with Crippen molar-refractivity contribution >= 4 is 29.0 Å². The van der Waals surface area contributed by atoms with Gasteiger partial charge in [-0.3, -0.25) is 19.5 Å². The average Bonchev–Trinajstić information content (AvgIpc) is 3.24. The smallest absolute Gasteiger partial charge is 0.292 e. The Morgan fingerprint density at radius 2 is 1.74 bits per heavy atom. The summed E-state index contributed by atoms with van der Waals surface area (Å²) in [5.41, 5.74) is 2.06. The van der Waals surface area contributed by atoms with E-state index >= 15 is 0 Å². The van der Waals surface area contributed by atoms with E-state index in [0.29, 0.717) is 17.5 Å². The number of aryl methyl sites for hydroxylation is 1. The molecule has 0 aliphatic heterocycles. The predicted octanol–water partition coefficient (Wildman–Crippen LogP) is 4.85. The van der Waals surface area contributed by atoms with Gasteiger partial charge in [-0.25, -0.2) is 0 Å². The highest BCUT2D eigenvalue weighted by atomic mass is 32.2. The molecule has 0 saturated heterocycles. The largest absolute Gasteiger partial charge is 0.485 e. The Bertz CT molecular complexity index is 1330. The molecule has 1 aromatic heterocycles. The van der Waals surface area contributed by atoms with Gasteiger partial charge in [-0.1, -0.05) is 72.4 Å². The van der Waals surface area contributed by atoms with Gasteiger partial charge in [-0.15, -0.1) is 10.2 Å². The number of hydrogen-bond donors (Lipinski definition) is 1. The lowest BCUT2D eigenvalue weighted by Crippen LogP contribution is -2.16. The van der Waals surface area contributed by atoms with Gasteiger partial charge in [-0.05, 0) is 30.2 Å². The maximum atomic E-state index is 12.5. The molecule has 0 aliphatic carbocycles. The van der Waals surface area contributed by atoms with Crippen LogP contribution >= 0.6 is 11.8 Å². The fourth-order valence-electron chi connectivity index (χ4n) is 3.37. The van der Waals surface area contributed by atoms with Gasteiger partial charge in [0, 0.05) is 6.07 Å². The molecule has 1 amide bonds. The van der Waals surface area contributed by atoms with Crippen LogP contribution in [0.5, 0.6) is 5.75 Å². The van der Waals surface area contributed by atoms with Crippen molar-refractivity contribution in [1.29, 1.82) is 0 Å². The number of rotatable bonds is 10. The Morgan fingerprint density at radius 3 is 2.51 bits per heavy atom. The van der Waals surface area contributed by atoms with Crippen LogP contribution in [0.3, 0.4) is 0 Å². The molecule has 0 atom stereocenters. The monoisotopic (exact) mass is 489 g/mol. The molecule has 4 rings (SSSR count). The number of nitrogens with one attached hydrogen (secondary N) is 1. The van der Waals surface area contributed by atoms with E-state index in [1.807, 2.05) is 66.1 Å². The van der Waals surface area contributed by atoms with Gasteiger partial charge in [-0.2, -0.15) is 0 Å². The van der Waals surface area contributed by atoms with Crippen molar-refractivity contribution in [2.24, 2.45) is 0 Å². The van der Waals surface area contributed by atoms with Gasteiger partial charge < -0.3 is 10.1 Å². The molecule has 9 nitrogen and oxygen atoms in total. The number of nitrogens with zero attached hydrogens (tertiary/aromatic N) is 4. The molecule has 10 heteroatoms. The number of nitro groups is 1. The normalized spacial score (nSPS) is 10.7. The summed E-state index contributed by atoms with van der Waals surface area (Å²) in [6.45, 7) is 2.70. The quantitative estimate of drug-likeness (QED) is 0.192. The molecule has 178 valence electrons. The average molecular weight is 490 g/mol. The molecule has 0 fully saturated rings. The molecule has 3 aromatic carbocycles. The molecular formula is C25H23N5O4S. The second-order valence-corrected chi connectivity index (χ2v) is 8.58. The molecule has 0 radical (unpaired) electrons. The van der Waals surface area contributed by atoms with Crippen molar-refractivity contribution in [3.05, 3.63) is 106 Å². The van der Waals surface area contributed by atoms with E-state index in [9.17, 15) is 14.9 Å². The highest BCUT2D eigenvalue weighted by molar-refractivity contribution is 7.99. The van der Waals surface area contributed by atoms with Crippen molar-refractivity contribution in [2.75, 3.05) is 11.1 Å². The Labute approximate surface area is 206 Å². The lowest BCUT2D eigenvalue weighted by Gasteiger charge is -2.12. The number of ether oxygens (including phenoxy) is 1. The highest BCUT2D eigenvalue weighted by Gasteiger charge is 2.18. The summed E-state index contributed by atoms with van der Waals surface area (Å²) >= 11 is 1.21. The molecule has 0 aliphatic rings. The van der Waals surface area contributed by atoms with E-state index in [0.717, 1.165) is 16.9 Å². The van der Waals surface area contributed by atoms with Crippen molar-refractivity contribution in [2.45, 2.75) is 25.2 Å². The first kappa shape index (κ1) is 24.0.